The van der Waals surface area contributed by atoms with E-state index in [0.29, 0.717) is 5.56 Å². The predicted octanol–water partition coefficient (Wildman–Crippen LogP) is 3.68. The van der Waals surface area contributed by atoms with Crippen LogP contribution in [0.2, 0.25) is 5.28 Å². The fourth-order valence-corrected chi connectivity index (χ4v) is 1.43. The number of hydrogen-bond donors (Lipinski definition) is 0. The molecule has 0 aliphatic heterocycles. The van der Waals surface area contributed by atoms with Gasteiger partial charge in [0.2, 0.25) is 11.2 Å². The number of aryl methyl sites for hydroxylation is 2. The molecule has 0 N–H and O–H groups in total. The SMILES string of the molecule is Cc1ccc(F)c(Oc2nc(Cl)ncc2C)c1. The number of benzene rings is 1. The third-order valence-corrected chi connectivity index (χ3v) is 2.37. The van der Waals surface area contributed by atoms with Crippen LogP contribution in [0.15, 0.2) is 24.4 Å². The van der Waals surface area contributed by atoms with Gasteiger partial charge in [0.05, 0.1) is 0 Å². The van der Waals surface area contributed by atoms with Gasteiger partial charge in [-0.25, -0.2) is 9.37 Å². The average molecular weight is 253 g/mol. The first-order valence-electron chi connectivity index (χ1n) is 4.99. The van der Waals surface area contributed by atoms with Gasteiger partial charge in [0.15, 0.2) is 11.6 Å². The van der Waals surface area contributed by atoms with Crippen LogP contribution in [0.1, 0.15) is 11.1 Å². The molecule has 0 radical (unpaired) electrons. The van der Waals surface area contributed by atoms with Gasteiger partial charge in [0, 0.05) is 11.8 Å². The summed E-state index contributed by atoms with van der Waals surface area (Å²) in [5, 5.41) is 0.0682. The summed E-state index contributed by atoms with van der Waals surface area (Å²) in [5.74, 6) is -0.0536. The maximum absolute atomic E-state index is 13.5. The Bertz CT molecular complexity index is 511. The highest BCUT2D eigenvalue weighted by Gasteiger charge is 2.09. The molecular weight excluding hydrogens is 243 g/mol. The third-order valence-electron chi connectivity index (χ3n) is 2.19. The summed E-state index contributed by atoms with van der Waals surface area (Å²) in [6, 6.07) is 4.62. The summed E-state index contributed by atoms with van der Waals surface area (Å²) in [7, 11) is 0. The molecule has 17 heavy (non-hydrogen) atoms. The lowest BCUT2D eigenvalue weighted by Gasteiger charge is -2.08. The highest BCUT2D eigenvalue weighted by Crippen LogP contribution is 2.26. The molecule has 1 aromatic carbocycles. The molecule has 1 heterocycles. The minimum Gasteiger partial charge on any atom is -0.435 e. The van der Waals surface area contributed by atoms with Crippen molar-refractivity contribution in [2.24, 2.45) is 0 Å². The van der Waals surface area contributed by atoms with Crippen molar-refractivity contribution >= 4 is 11.6 Å². The maximum Gasteiger partial charge on any atom is 0.226 e. The molecule has 0 aliphatic carbocycles. The second kappa shape index (κ2) is 4.67. The van der Waals surface area contributed by atoms with E-state index in [1.807, 2.05) is 6.92 Å². The fourth-order valence-electron chi connectivity index (χ4n) is 1.30. The van der Waals surface area contributed by atoms with Crippen LogP contribution >= 0.6 is 11.6 Å². The van der Waals surface area contributed by atoms with E-state index in [2.05, 4.69) is 9.97 Å². The van der Waals surface area contributed by atoms with Gasteiger partial charge in [0.25, 0.3) is 0 Å². The molecule has 5 heteroatoms. The van der Waals surface area contributed by atoms with E-state index < -0.39 is 5.82 Å². The molecule has 1 aromatic heterocycles. The van der Waals surface area contributed by atoms with Crippen LogP contribution in [0.5, 0.6) is 11.6 Å². The molecular formula is C12H10ClFN2O. The van der Waals surface area contributed by atoms with Gasteiger partial charge in [0.1, 0.15) is 0 Å². The molecule has 0 unspecified atom stereocenters. The van der Waals surface area contributed by atoms with Crippen molar-refractivity contribution in [2.45, 2.75) is 13.8 Å². The molecule has 0 bridgehead atoms. The lowest BCUT2D eigenvalue weighted by molar-refractivity contribution is 0.423. The molecule has 2 rings (SSSR count). The molecule has 0 aliphatic rings. The van der Waals surface area contributed by atoms with Crippen LogP contribution in [0.3, 0.4) is 0 Å². The van der Waals surface area contributed by atoms with Crippen molar-refractivity contribution in [3.8, 4) is 11.6 Å². The van der Waals surface area contributed by atoms with Gasteiger partial charge in [-0.15, -0.1) is 0 Å². The molecule has 0 spiro atoms. The summed E-state index contributed by atoms with van der Waals surface area (Å²) in [5.41, 5.74) is 1.59. The van der Waals surface area contributed by atoms with Crippen molar-refractivity contribution in [2.75, 3.05) is 0 Å². The molecule has 0 atom stereocenters. The zero-order valence-electron chi connectivity index (χ0n) is 9.37. The Hall–Kier alpha value is -1.68. The zero-order chi connectivity index (χ0) is 12.4. The van der Waals surface area contributed by atoms with Crippen molar-refractivity contribution in [1.29, 1.82) is 0 Å². The topological polar surface area (TPSA) is 35.0 Å². The molecule has 0 saturated carbocycles. The van der Waals surface area contributed by atoms with Gasteiger partial charge in [-0.2, -0.15) is 4.98 Å². The second-order valence-corrected chi connectivity index (χ2v) is 4.00. The van der Waals surface area contributed by atoms with Crippen molar-refractivity contribution in [3.63, 3.8) is 0 Å². The van der Waals surface area contributed by atoms with Crippen molar-refractivity contribution in [1.82, 2.24) is 9.97 Å². The molecule has 0 amide bonds. The lowest BCUT2D eigenvalue weighted by Crippen LogP contribution is -1.95. The van der Waals surface area contributed by atoms with Gasteiger partial charge < -0.3 is 4.74 Å². The van der Waals surface area contributed by atoms with Gasteiger partial charge in [-0.1, -0.05) is 6.07 Å². The number of halogens is 2. The van der Waals surface area contributed by atoms with E-state index in [0.717, 1.165) is 5.56 Å². The van der Waals surface area contributed by atoms with Crippen molar-refractivity contribution in [3.05, 3.63) is 46.6 Å². The summed E-state index contributed by atoms with van der Waals surface area (Å²) in [6.45, 7) is 3.62. The van der Waals surface area contributed by atoms with E-state index in [1.165, 1.54) is 12.3 Å². The highest BCUT2D eigenvalue weighted by atomic mass is 35.5. The predicted molar refractivity (Wildman–Crippen MR) is 63.0 cm³/mol. The first kappa shape index (κ1) is 11.8. The summed E-state index contributed by atoms with van der Waals surface area (Å²) < 4.78 is 18.9. The number of nitrogens with zero attached hydrogens (tertiary/aromatic N) is 2. The minimum atomic E-state index is -0.440. The second-order valence-electron chi connectivity index (χ2n) is 3.66. The van der Waals surface area contributed by atoms with Crippen LogP contribution in [0.4, 0.5) is 4.39 Å². The fraction of sp³-hybridized carbons (Fsp3) is 0.167. The third kappa shape index (κ3) is 2.71. The highest BCUT2D eigenvalue weighted by molar-refractivity contribution is 6.28. The summed E-state index contributed by atoms with van der Waals surface area (Å²) >= 11 is 5.66. The minimum absolute atomic E-state index is 0.0682. The van der Waals surface area contributed by atoms with E-state index in [4.69, 9.17) is 16.3 Å². The van der Waals surface area contributed by atoms with Gasteiger partial charge >= 0.3 is 0 Å². The Balaban J connectivity index is 2.37. The normalized spacial score (nSPS) is 10.4. The maximum atomic E-state index is 13.5. The van der Waals surface area contributed by atoms with Crippen LogP contribution in [-0.2, 0) is 0 Å². The Morgan fingerprint density at radius 2 is 2.06 bits per heavy atom. The Morgan fingerprint density at radius 1 is 1.29 bits per heavy atom. The first-order valence-corrected chi connectivity index (χ1v) is 5.37. The molecule has 0 fully saturated rings. The average Bonchev–Trinajstić information content (AvgIpc) is 2.28. The largest absolute Gasteiger partial charge is 0.435 e. The van der Waals surface area contributed by atoms with Gasteiger partial charge in [-0.05, 0) is 43.1 Å². The Morgan fingerprint density at radius 3 is 2.82 bits per heavy atom. The Labute approximate surface area is 103 Å². The number of hydrogen-bond acceptors (Lipinski definition) is 3. The molecule has 3 nitrogen and oxygen atoms in total. The smallest absolute Gasteiger partial charge is 0.226 e. The monoisotopic (exact) mass is 252 g/mol. The first-order chi connectivity index (χ1) is 8.06. The van der Waals surface area contributed by atoms with Crippen LogP contribution < -0.4 is 4.74 Å². The van der Waals surface area contributed by atoms with E-state index >= 15 is 0 Å². The van der Waals surface area contributed by atoms with Crippen LogP contribution in [0.25, 0.3) is 0 Å². The number of ether oxygens (including phenoxy) is 1. The molecule has 88 valence electrons. The van der Waals surface area contributed by atoms with Gasteiger partial charge in [-0.3, -0.25) is 0 Å². The quantitative estimate of drug-likeness (QED) is 0.765. The summed E-state index contributed by atoms with van der Waals surface area (Å²) in [6.07, 6.45) is 1.53. The van der Waals surface area contributed by atoms with E-state index in [-0.39, 0.29) is 16.9 Å². The van der Waals surface area contributed by atoms with Crippen molar-refractivity contribution < 1.29 is 9.13 Å². The zero-order valence-corrected chi connectivity index (χ0v) is 10.1. The summed E-state index contributed by atoms with van der Waals surface area (Å²) in [4.78, 5) is 7.71. The van der Waals surface area contributed by atoms with E-state index in [9.17, 15) is 4.39 Å². The number of aromatic nitrogens is 2. The molecule has 0 saturated heterocycles. The number of rotatable bonds is 2. The van der Waals surface area contributed by atoms with Crippen LogP contribution in [-0.4, -0.2) is 9.97 Å². The van der Waals surface area contributed by atoms with E-state index in [1.54, 1.807) is 19.1 Å². The standard InChI is InChI=1S/C12H10ClFN2O/c1-7-3-4-9(14)10(5-7)17-11-8(2)6-15-12(13)16-11/h3-6H,1-2H3. The van der Waals surface area contributed by atoms with Crippen LogP contribution in [0, 0.1) is 19.7 Å². The molecule has 2 aromatic rings. The Kier molecular flexibility index (Phi) is 3.24. The lowest BCUT2D eigenvalue weighted by atomic mass is 10.2.